The van der Waals surface area contributed by atoms with Crippen LogP contribution >= 0.6 is 0 Å². The lowest BCUT2D eigenvalue weighted by Crippen LogP contribution is -2.23. The zero-order valence-electron chi connectivity index (χ0n) is 5.76. The van der Waals surface area contributed by atoms with Gasteiger partial charge in [0.05, 0.1) is 6.07 Å². The smallest absolute Gasteiger partial charge is 0.234 e. The second-order valence-electron chi connectivity index (χ2n) is 1.76. The molecule has 0 aliphatic heterocycles. The number of hydrogen-bond acceptors (Lipinski definition) is 2. The van der Waals surface area contributed by atoms with Crippen molar-refractivity contribution in [2.75, 3.05) is 6.54 Å². The van der Waals surface area contributed by atoms with Gasteiger partial charge in [-0.2, -0.15) is 5.26 Å². The Morgan fingerprint density at radius 3 is 3.00 bits per heavy atom. The maximum Gasteiger partial charge on any atom is 0.234 e. The third-order valence-electron chi connectivity index (χ3n) is 0.910. The summed E-state index contributed by atoms with van der Waals surface area (Å²) in [5.74, 6) is -0.218. The number of nitrogens with zero attached hydrogens (tertiary/aromatic N) is 1. The average Bonchev–Trinajstić information content (AvgIpc) is 1.89. The zero-order valence-corrected chi connectivity index (χ0v) is 5.76. The summed E-state index contributed by atoms with van der Waals surface area (Å²) in [6, 6.07) is 1.76. The van der Waals surface area contributed by atoms with Crippen molar-refractivity contribution >= 4 is 5.91 Å². The molecule has 3 heteroatoms. The Balaban J connectivity index is 3.23. The molecule has 0 radical (unpaired) electrons. The van der Waals surface area contributed by atoms with Gasteiger partial charge in [-0.3, -0.25) is 4.79 Å². The van der Waals surface area contributed by atoms with Crippen molar-refractivity contribution in [1.82, 2.24) is 5.32 Å². The number of carbonyl (C=O) groups excluding carboxylic acids is 1. The average molecular weight is 138 g/mol. The van der Waals surface area contributed by atoms with E-state index < -0.39 is 0 Å². The first kappa shape index (κ1) is 8.70. The van der Waals surface area contributed by atoms with Gasteiger partial charge in [-0.15, -0.1) is 6.58 Å². The molecule has 1 amide bonds. The number of hydrogen-bond donors (Lipinski definition) is 1. The van der Waals surface area contributed by atoms with E-state index in [1.807, 2.05) is 0 Å². The molecule has 1 N–H and O–H groups in total. The minimum absolute atomic E-state index is 0.0584. The number of carbonyl (C=O) groups is 1. The number of nitrogens with one attached hydrogen (secondary N) is 1. The fourth-order valence-electron chi connectivity index (χ4n) is 0.448. The van der Waals surface area contributed by atoms with Crippen molar-refractivity contribution in [1.29, 1.82) is 5.26 Å². The molecule has 0 saturated carbocycles. The third kappa shape index (κ3) is 4.85. The van der Waals surface area contributed by atoms with Gasteiger partial charge in [-0.05, 0) is 6.42 Å². The highest BCUT2D eigenvalue weighted by molar-refractivity contribution is 5.77. The fraction of sp³-hybridized carbons (Fsp3) is 0.429. The molecule has 0 aliphatic carbocycles. The van der Waals surface area contributed by atoms with E-state index in [0.717, 1.165) is 6.42 Å². The summed E-state index contributed by atoms with van der Waals surface area (Å²) in [5, 5.41) is 10.6. The number of amides is 1. The van der Waals surface area contributed by atoms with Gasteiger partial charge in [0.25, 0.3) is 0 Å². The largest absolute Gasteiger partial charge is 0.355 e. The van der Waals surface area contributed by atoms with E-state index in [0.29, 0.717) is 6.54 Å². The summed E-state index contributed by atoms with van der Waals surface area (Å²) in [7, 11) is 0. The van der Waals surface area contributed by atoms with E-state index >= 15 is 0 Å². The summed E-state index contributed by atoms with van der Waals surface area (Å²) in [5.41, 5.74) is 0. The van der Waals surface area contributed by atoms with Gasteiger partial charge in [0.15, 0.2) is 0 Å². The van der Waals surface area contributed by atoms with Crippen LogP contribution < -0.4 is 5.32 Å². The molecule has 0 aliphatic rings. The molecule has 54 valence electrons. The number of rotatable bonds is 4. The van der Waals surface area contributed by atoms with Crippen molar-refractivity contribution in [2.45, 2.75) is 12.8 Å². The first-order chi connectivity index (χ1) is 4.81. The molecule has 0 unspecified atom stereocenters. The van der Waals surface area contributed by atoms with Crippen LogP contribution in [0.1, 0.15) is 12.8 Å². The van der Waals surface area contributed by atoms with Gasteiger partial charge in [0, 0.05) is 6.54 Å². The lowest BCUT2D eigenvalue weighted by atomic mass is 10.4. The van der Waals surface area contributed by atoms with E-state index in [1.54, 1.807) is 12.1 Å². The van der Waals surface area contributed by atoms with E-state index in [1.165, 1.54) is 0 Å². The normalized spacial score (nSPS) is 7.90. The highest BCUT2D eigenvalue weighted by atomic mass is 16.1. The van der Waals surface area contributed by atoms with Crippen LogP contribution in [0.2, 0.25) is 0 Å². The Morgan fingerprint density at radius 1 is 1.80 bits per heavy atom. The Bertz CT molecular complexity index is 157. The van der Waals surface area contributed by atoms with Crippen LogP contribution in [-0.4, -0.2) is 12.5 Å². The third-order valence-corrected chi connectivity index (χ3v) is 0.910. The van der Waals surface area contributed by atoms with E-state index in [2.05, 4.69) is 11.9 Å². The Hall–Kier alpha value is -1.30. The topological polar surface area (TPSA) is 52.9 Å². The molecule has 0 heterocycles. The highest BCUT2D eigenvalue weighted by Crippen LogP contribution is 1.78. The highest BCUT2D eigenvalue weighted by Gasteiger charge is 1.95. The van der Waals surface area contributed by atoms with Crippen LogP contribution in [0.3, 0.4) is 0 Å². The molecule has 3 nitrogen and oxygen atoms in total. The molecule has 10 heavy (non-hydrogen) atoms. The molecule has 0 fully saturated rings. The quantitative estimate of drug-likeness (QED) is 0.456. The van der Waals surface area contributed by atoms with Crippen LogP contribution in [0, 0.1) is 11.3 Å². The minimum Gasteiger partial charge on any atom is -0.355 e. The van der Waals surface area contributed by atoms with Gasteiger partial charge >= 0.3 is 0 Å². The monoisotopic (exact) mass is 138 g/mol. The zero-order chi connectivity index (χ0) is 7.82. The van der Waals surface area contributed by atoms with Crippen LogP contribution in [0.4, 0.5) is 0 Å². The Kier molecular flexibility index (Phi) is 5.07. The molecule has 0 aromatic heterocycles. The van der Waals surface area contributed by atoms with Gasteiger partial charge in [-0.1, -0.05) is 6.08 Å². The first-order valence-corrected chi connectivity index (χ1v) is 3.05. The van der Waals surface area contributed by atoms with Crippen molar-refractivity contribution in [3.05, 3.63) is 12.7 Å². The maximum absolute atomic E-state index is 10.5. The van der Waals surface area contributed by atoms with Crippen molar-refractivity contribution in [3.63, 3.8) is 0 Å². The van der Waals surface area contributed by atoms with Gasteiger partial charge in [0.1, 0.15) is 6.42 Å². The molecule has 0 aromatic carbocycles. The Morgan fingerprint density at radius 2 is 2.50 bits per heavy atom. The van der Waals surface area contributed by atoms with Crippen LogP contribution in [-0.2, 0) is 4.79 Å². The van der Waals surface area contributed by atoms with Gasteiger partial charge in [-0.25, -0.2) is 0 Å². The van der Waals surface area contributed by atoms with E-state index in [4.69, 9.17) is 5.26 Å². The summed E-state index contributed by atoms with van der Waals surface area (Å²) in [4.78, 5) is 10.5. The second-order valence-corrected chi connectivity index (χ2v) is 1.76. The lowest BCUT2D eigenvalue weighted by molar-refractivity contribution is -0.120. The predicted octanol–water partition coefficient (Wildman–Crippen LogP) is 0.592. The van der Waals surface area contributed by atoms with Gasteiger partial charge in [0.2, 0.25) is 5.91 Å². The molecule has 0 bridgehead atoms. The summed E-state index contributed by atoms with van der Waals surface area (Å²) in [6.45, 7) is 4.06. The van der Waals surface area contributed by atoms with Crippen molar-refractivity contribution in [2.24, 2.45) is 0 Å². The van der Waals surface area contributed by atoms with Crippen molar-refractivity contribution < 1.29 is 4.79 Å². The van der Waals surface area contributed by atoms with Gasteiger partial charge < -0.3 is 5.32 Å². The summed E-state index contributed by atoms with van der Waals surface area (Å²) < 4.78 is 0. The fourth-order valence-corrected chi connectivity index (χ4v) is 0.448. The molecule has 0 atom stereocenters. The summed E-state index contributed by atoms with van der Waals surface area (Å²) >= 11 is 0. The minimum atomic E-state index is -0.218. The van der Waals surface area contributed by atoms with Crippen LogP contribution in [0.5, 0.6) is 0 Å². The lowest BCUT2D eigenvalue weighted by Gasteiger charge is -1.96. The molecular weight excluding hydrogens is 128 g/mol. The standard InChI is InChI=1S/C7H10N2O/c1-2-3-6-9-7(10)4-5-8/h2H,1,3-4,6H2,(H,9,10). The summed E-state index contributed by atoms with van der Waals surface area (Å²) in [6.07, 6.45) is 2.40. The molecule has 0 spiro atoms. The molecule has 0 saturated heterocycles. The second kappa shape index (κ2) is 5.83. The molecule has 0 rings (SSSR count). The van der Waals surface area contributed by atoms with E-state index in [9.17, 15) is 4.79 Å². The van der Waals surface area contributed by atoms with Crippen LogP contribution in [0.25, 0.3) is 0 Å². The predicted molar refractivity (Wildman–Crippen MR) is 38.1 cm³/mol. The molecule has 0 aromatic rings. The van der Waals surface area contributed by atoms with E-state index in [-0.39, 0.29) is 12.3 Å². The Labute approximate surface area is 60.3 Å². The van der Waals surface area contributed by atoms with Crippen molar-refractivity contribution in [3.8, 4) is 6.07 Å². The first-order valence-electron chi connectivity index (χ1n) is 3.05. The molecular formula is C7H10N2O. The maximum atomic E-state index is 10.5. The van der Waals surface area contributed by atoms with Crippen LogP contribution in [0.15, 0.2) is 12.7 Å². The SMILES string of the molecule is C=CCCNC(=O)CC#N. The number of nitriles is 1.